The van der Waals surface area contributed by atoms with Crippen LogP contribution in [0.4, 0.5) is 13.2 Å². The van der Waals surface area contributed by atoms with Crippen LogP contribution in [0.3, 0.4) is 0 Å². The molecule has 1 saturated heterocycles. The van der Waals surface area contributed by atoms with Crippen LogP contribution in [-0.4, -0.2) is 49.1 Å². The molecular weight excluding hydrogens is 490 g/mol. The summed E-state index contributed by atoms with van der Waals surface area (Å²) in [6.07, 6.45) is 0.354. The molecule has 0 aliphatic carbocycles. The fraction of sp³-hybridized carbons (Fsp3) is 0.765. The lowest BCUT2D eigenvalue weighted by Crippen LogP contribution is -2.38. The first kappa shape index (κ1) is 24.4. The largest absolute Gasteiger partial charge is 0.434 e. The Balaban J connectivity index is 0.00000364. The second kappa shape index (κ2) is 12.1. The number of rotatable bonds is 7. The molecule has 0 atom stereocenters. The van der Waals surface area contributed by atoms with E-state index in [4.69, 9.17) is 0 Å². The Kier molecular flexibility index (Phi) is 10.9. The number of hydrogen-bond donors (Lipinski definition) is 2. The highest BCUT2D eigenvalue weighted by atomic mass is 127. The van der Waals surface area contributed by atoms with Gasteiger partial charge in [0.2, 0.25) is 0 Å². The summed E-state index contributed by atoms with van der Waals surface area (Å²) in [5.41, 5.74) is -0.839. The Bertz CT molecular complexity index is 571. The normalized spacial score (nSPS) is 16.9. The molecule has 2 N–H and O–H groups in total. The Morgan fingerprint density at radius 2 is 2.00 bits per heavy atom. The maximum absolute atomic E-state index is 12.5. The van der Waals surface area contributed by atoms with Crippen molar-refractivity contribution in [1.29, 1.82) is 0 Å². The minimum Gasteiger partial charge on any atom is -0.356 e. The maximum Gasteiger partial charge on any atom is 0.434 e. The molecule has 2 rings (SSSR count). The van der Waals surface area contributed by atoms with Gasteiger partial charge in [-0.05, 0) is 51.2 Å². The summed E-state index contributed by atoms with van der Waals surface area (Å²) >= 11 is 0.995. The summed E-state index contributed by atoms with van der Waals surface area (Å²) in [6, 6.07) is 0. The summed E-state index contributed by atoms with van der Waals surface area (Å²) in [7, 11) is 1.65. The fourth-order valence-corrected chi connectivity index (χ4v) is 3.60. The summed E-state index contributed by atoms with van der Waals surface area (Å²) in [5.74, 6) is 1.44. The Morgan fingerprint density at radius 1 is 1.30 bits per heavy atom. The number of aliphatic imine (C=N–C) groups is 1. The van der Waals surface area contributed by atoms with Gasteiger partial charge in [-0.15, -0.1) is 35.3 Å². The lowest BCUT2D eigenvalue weighted by atomic mass is 9.99. The van der Waals surface area contributed by atoms with E-state index < -0.39 is 11.9 Å². The van der Waals surface area contributed by atoms with Crippen LogP contribution in [0, 0.1) is 5.92 Å². The number of likely N-dealkylation sites (tertiary alicyclic amines) is 1. The second-order valence-electron chi connectivity index (χ2n) is 6.71. The third-order valence-electron chi connectivity index (χ3n) is 4.54. The molecule has 1 aromatic heterocycles. The molecule has 0 unspecified atom stereocenters. The molecule has 2 heterocycles. The monoisotopic (exact) mass is 519 g/mol. The smallest absolute Gasteiger partial charge is 0.356 e. The first-order chi connectivity index (χ1) is 12.4. The molecule has 0 bridgehead atoms. The van der Waals surface area contributed by atoms with Crippen LogP contribution in [0.15, 0.2) is 10.4 Å². The average molecular weight is 519 g/mol. The van der Waals surface area contributed by atoms with Crippen LogP contribution in [0.1, 0.15) is 43.3 Å². The summed E-state index contributed by atoms with van der Waals surface area (Å²) in [4.78, 5) is 10.2. The van der Waals surface area contributed by atoms with E-state index in [0.29, 0.717) is 11.0 Å². The molecule has 0 spiro atoms. The van der Waals surface area contributed by atoms with Gasteiger partial charge in [0.25, 0.3) is 0 Å². The molecule has 5 nitrogen and oxygen atoms in total. The molecule has 0 amide bonds. The van der Waals surface area contributed by atoms with E-state index in [2.05, 4.69) is 32.4 Å². The van der Waals surface area contributed by atoms with Gasteiger partial charge < -0.3 is 15.5 Å². The van der Waals surface area contributed by atoms with Crippen LogP contribution in [-0.2, 0) is 12.7 Å². The van der Waals surface area contributed by atoms with Crippen molar-refractivity contribution in [2.24, 2.45) is 10.9 Å². The molecule has 1 fully saturated rings. The van der Waals surface area contributed by atoms with E-state index in [0.717, 1.165) is 48.6 Å². The van der Waals surface area contributed by atoms with E-state index in [1.165, 1.54) is 25.9 Å². The van der Waals surface area contributed by atoms with Crippen LogP contribution in [0.2, 0.25) is 0 Å². The molecule has 156 valence electrons. The van der Waals surface area contributed by atoms with Crippen molar-refractivity contribution in [3.63, 3.8) is 0 Å². The zero-order valence-electron chi connectivity index (χ0n) is 15.8. The van der Waals surface area contributed by atoms with Crippen LogP contribution in [0.5, 0.6) is 0 Å². The summed E-state index contributed by atoms with van der Waals surface area (Å²) in [5, 5.41) is 7.63. The number of alkyl halides is 3. The molecule has 10 heteroatoms. The standard InChI is InChI=1S/C17H28F3N5S.HI/c1-13-5-9-25(10-6-13)8-4-3-7-22-16(21-2)23-11-15-24-14(12-26-15)17(18,19)20;/h12-13H,3-11H2,1-2H3,(H2,21,22,23);1H. The number of thiazole rings is 1. The zero-order valence-corrected chi connectivity index (χ0v) is 19.0. The van der Waals surface area contributed by atoms with Gasteiger partial charge in [0.15, 0.2) is 11.7 Å². The highest BCUT2D eigenvalue weighted by Gasteiger charge is 2.33. The van der Waals surface area contributed by atoms with E-state index in [9.17, 15) is 13.2 Å². The molecular formula is C17H29F3IN5S. The molecule has 1 aliphatic heterocycles. The molecule has 0 saturated carbocycles. The molecule has 1 aromatic rings. The van der Waals surface area contributed by atoms with Crippen molar-refractivity contribution in [2.75, 3.05) is 33.2 Å². The number of unbranched alkanes of at least 4 members (excludes halogenated alkanes) is 1. The Labute approximate surface area is 180 Å². The highest BCUT2D eigenvalue weighted by molar-refractivity contribution is 14.0. The number of halogens is 4. The van der Waals surface area contributed by atoms with Crippen molar-refractivity contribution in [2.45, 2.75) is 45.3 Å². The minimum absolute atomic E-state index is 0. The number of nitrogens with zero attached hydrogens (tertiary/aromatic N) is 3. The van der Waals surface area contributed by atoms with Gasteiger partial charge in [0, 0.05) is 19.0 Å². The SMILES string of the molecule is CN=C(NCCCCN1CCC(C)CC1)NCc1nc(C(F)(F)F)cs1.I. The summed E-state index contributed by atoms with van der Waals surface area (Å²) < 4.78 is 37.6. The fourth-order valence-electron chi connectivity index (χ4n) is 2.86. The van der Waals surface area contributed by atoms with Crippen molar-refractivity contribution >= 4 is 41.3 Å². The minimum atomic E-state index is -4.39. The van der Waals surface area contributed by atoms with Crippen LogP contribution >= 0.6 is 35.3 Å². The topological polar surface area (TPSA) is 52.6 Å². The van der Waals surface area contributed by atoms with Gasteiger partial charge in [0.1, 0.15) is 5.01 Å². The third-order valence-corrected chi connectivity index (χ3v) is 5.39. The van der Waals surface area contributed by atoms with Gasteiger partial charge >= 0.3 is 6.18 Å². The predicted octanol–water partition coefficient (Wildman–Crippen LogP) is 3.96. The first-order valence-corrected chi connectivity index (χ1v) is 9.95. The van der Waals surface area contributed by atoms with Crippen molar-refractivity contribution in [1.82, 2.24) is 20.5 Å². The summed E-state index contributed by atoms with van der Waals surface area (Å²) in [6.45, 7) is 6.86. The van der Waals surface area contributed by atoms with Gasteiger partial charge in [0.05, 0.1) is 6.54 Å². The Morgan fingerprint density at radius 3 is 2.59 bits per heavy atom. The molecule has 0 aromatic carbocycles. The van der Waals surface area contributed by atoms with Crippen molar-refractivity contribution in [3.8, 4) is 0 Å². The predicted molar refractivity (Wildman–Crippen MR) is 115 cm³/mol. The highest BCUT2D eigenvalue weighted by Crippen LogP contribution is 2.29. The molecule has 27 heavy (non-hydrogen) atoms. The van der Waals surface area contributed by atoms with Gasteiger partial charge in [-0.1, -0.05) is 6.92 Å². The number of piperidine rings is 1. The lowest BCUT2D eigenvalue weighted by Gasteiger charge is -2.30. The Hall–Kier alpha value is -0.620. The first-order valence-electron chi connectivity index (χ1n) is 9.07. The lowest BCUT2D eigenvalue weighted by molar-refractivity contribution is -0.140. The van der Waals surface area contributed by atoms with Gasteiger partial charge in [-0.3, -0.25) is 4.99 Å². The average Bonchev–Trinajstić information content (AvgIpc) is 3.08. The van der Waals surface area contributed by atoms with E-state index >= 15 is 0 Å². The number of guanidine groups is 1. The number of nitrogens with one attached hydrogen (secondary N) is 2. The number of aromatic nitrogens is 1. The maximum atomic E-state index is 12.5. The van der Waals surface area contributed by atoms with Crippen LogP contribution in [0.25, 0.3) is 0 Å². The number of hydrogen-bond acceptors (Lipinski definition) is 4. The zero-order chi connectivity index (χ0) is 19.0. The second-order valence-corrected chi connectivity index (χ2v) is 7.65. The molecule has 1 aliphatic rings. The quantitative estimate of drug-likeness (QED) is 0.248. The van der Waals surface area contributed by atoms with Crippen LogP contribution < -0.4 is 10.6 Å². The van der Waals surface area contributed by atoms with Crippen molar-refractivity contribution < 1.29 is 13.2 Å². The molecule has 0 radical (unpaired) electrons. The third kappa shape index (κ3) is 8.95. The van der Waals surface area contributed by atoms with E-state index in [-0.39, 0.29) is 30.5 Å². The van der Waals surface area contributed by atoms with Crippen molar-refractivity contribution in [3.05, 3.63) is 16.1 Å². The van der Waals surface area contributed by atoms with Gasteiger partial charge in [-0.25, -0.2) is 4.98 Å². The van der Waals surface area contributed by atoms with E-state index in [1.807, 2.05) is 0 Å². The van der Waals surface area contributed by atoms with Gasteiger partial charge in [-0.2, -0.15) is 13.2 Å². The van der Waals surface area contributed by atoms with E-state index in [1.54, 1.807) is 7.05 Å².